The molecule has 2 aromatic rings. The monoisotopic (exact) mass is 671 g/mol. The van der Waals surface area contributed by atoms with Crippen LogP contribution in [0.5, 0.6) is 0 Å². The van der Waals surface area contributed by atoms with Crippen LogP contribution in [0, 0.1) is 11.8 Å². The average Bonchev–Trinajstić information content (AvgIpc) is 2.99. The van der Waals surface area contributed by atoms with Gasteiger partial charge in [0.2, 0.25) is 15.9 Å². The summed E-state index contributed by atoms with van der Waals surface area (Å²) in [6.07, 6.45) is 5.48. The van der Waals surface area contributed by atoms with Gasteiger partial charge in [0.05, 0.1) is 29.9 Å². The van der Waals surface area contributed by atoms with Crippen molar-refractivity contribution in [3.63, 3.8) is 0 Å². The number of hydrogen-bond donors (Lipinski definition) is 1. The van der Waals surface area contributed by atoms with Crippen LogP contribution in [0.2, 0.25) is 15.1 Å². The molecule has 236 valence electrons. The van der Waals surface area contributed by atoms with Gasteiger partial charge in [-0.05, 0) is 68.1 Å². The maximum atomic E-state index is 13.3. The molecule has 0 bridgehead atoms. The minimum absolute atomic E-state index is 0.00161. The van der Waals surface area contributed by atoms with Crippen LogP contribution in [0.25, 0.3) is 0 Å². The summed E-state index contributed by atoms with van der Waals surface area (Å²) in [7, 11) is -3.90. The van der Waals surface area contributed by atoms with Crippen LogP contribution in [0.3, 0.4) is 0 Å². The van der Waals surface area contributed by atoms with Gasteiger partial charge in [0, 0.05) is 43.3 Å². The third-order valence-corrected chi connectivity index (χ3v) is 11.8. The molecule has 43 heavy (non-hydrogen) atoms. The number of hydrogen-bond acceptors (Lipinski definition) is 6. The standard InChI is InChI=1S/C31H40Cl3N3O5S/c32-25-17-27(33)31(28(34)18-25)43(39,40)37-12-4-5-22(19-37)20-42-21-29(38)35-26-10-8-24(9-11-26)30(23-6-2-1-3-7-23)36-13-15-41-16-14-36/h1-3,6-7,17-18,22,24,26,30H,4-5,8-16,19-21H2,(H,35,38). The number of nitrogens with one attached hydrogen (secondary N) is 1. The van der Waals surface area contributed by atoms with Crippen LogP contribution in [0.1, 0.15) is 50.1 Å². The first-order valence-electron chi connectivity index (χ1n) is 15.1. The number of amides is 1. The van der Waals surface area contributed by atoms with Gasteiger partial charge >= 0.3 is 0 Å². The molecule has 2 aliphatic heterocycles. The van der Waals surface area contributed by atoms with Gasteiger partial charge in [-0.2, -0.15) is 4.31 Å². The fourth-order valence-electron chi connectivity index (χ4n) is 6.74. The van der Waals surface area contributed by atoms with E-state index in [9.17, 15) is 13.2 Å². The smallest absolute Gasteiger partial charge is 0.246 e. The zero-order valence-electron chi connectivity index (χ0n) is 24.2. The molecule has 3 fully saturated rings. The lowest BCUT2D eigenvalue weighted by Gasteiger charge is -2.42. The largest absolute Gasteiger partial charge is 0.379 e. The van der Waals surface area contributed by atoms with E-state index < -0.39 is 10.0 Å². The number of carbonyl (C=O) groups excluding carboxylic acids is 1. The van der Waals surface area contributed by atoms with E-state index in [0.29, 0.717) is 31.5 Å². The van der Waals surface area contributed by atoms with Crippen LogP contribution in [0.4, 0.5) is 0 Å². The molecule has 2 heterocycles. The molecule has 1 saturated carbocycles. The Balaban J connectivity index is 1.07. The van der Waals surface area contributed by atoms with Crippen molar-refractivity contribution in [2.75, 3.05) is 52.6 Å². The number of rotatable bonds is 10. The fourth-order valence-corrected chi connectivity index (χ4v) is 9.79. The van der Waals surface area contributed by atoms with Crippen LogP contribution in [-0.4, -0.2) is 82.2 Å². The summed E-state index contributed by atoms with van der Waals surface area (Å²) in [5, 5.41) is 3.43. The summed E-state index contributed by atoms with van der Waals surface area (Å²) in [6, 6.07) is 14.0. The molecule has 1 N–H and O–H groups in total. The minimum atomic E-state index is -3.90. The molecule has 2 aromatic carbocycles. The van der Waals surface area contributed by atoms with E-state index in [1.165, 1.54) is 22.0 Å². The third-order valence-electron chi connectivity index (χ3n) is 8.79. The normalized spacial score (nSPS) is 24.9. The van der Waals surface area contributed by atoms with Gasteiger partial charge in [0.25, 0.3) is 0 Å². The second-order valence-corrected chi connectivity index (χ2v) is 14.9. The zero-order valence-corrected chi connectivity index (χ0v) is 27.3. The second-order valence-electron chi connectivity index (χ2n) is 11.8. The number of benzene rings is 2. The first-order chi connectivity index (χ1) is 20.7. The van der Waals surface area contributed by atoms with Gasteiger partial charge in [-0.25, -0.2) is 8.42 Å². The van der Waals surface area contributed by atoms with Crippen molar-refractivity contribution in [1.82, 2.24) is 14.5 Å². The molecule has 2 atom stereocenters. The van der Waals surface area contributed by atoms with Crippen molar-refractivity contribution < 1.29 is 22.7 Å². The predicted octanol–water partition coefficient (Wildman–Crippen LogP) is 5.81. The highest BCUT2D eigenvalue weighted by molar-refractivity contribution is 7.89. The summed E-state index contributed by atoms with van der Waals surface area (Å²) < 4.78 is 39.4. The molecule has 2 saturated heterocycles. The van der Waals surface area contributed by atoms with Gasteiger partial charge in [0.1, 0.15) is 11.5 Å². The quantitative estimate of drug-likeness (QED) is 0.343. The summed E-state index contributed by atoms with van der Waals surface area (Å²) in [4.78, 5) is 15.2. The molecule has 3 aliphatic rings. The number of carbonyl (C=O) groups is 1. The van der Waals surface area contributed by atoms with E-state index in [-0.39, 0.29) is 51.0 Å². The predicted molar refractivity (Wildman–Crippen MR) is 169 cm³/mol. The Morgan fingerprint density at radius 3 is 2.33 bits per heavy atom. The molecule has 0 spiro atoms. The molecule has 0 aromatic heterocycles. The maximum absolute atomic E-state index is 13.3. The van der Waals surface area contributed by atoms with Crippen molar-refractivity contribution in [2.45, 2.75) is 55.5 Å². The van der Waals surface area contributed by atoms with Crippen molar-refractivity contribution in [1.29, 1.82) is 0 Å². The first-order valence-corrected chi connectivity index (χ1v) is 17.7. The zero-order chi connectivity index (χ0) is 30.4. The lowest BCUT2D eigenvalue weighted by atomic mass is 9.78. The highest BCUT2D eigenvalue weighted by Crippen LogP contribution is 2.39. The lowest BCUT2D eigenvalue weighted by molar-refractivity contribution is -0.127. The summed E-state index contributed by atoms with van der Waals surface area (Å²) in [5.41, 5.74) is 1.36. The molecule has 8 nitrogen and oxygen atoms in total. The number of ether oxygens (including phenoxy) is 2. The molecular weight excluding hydrogens is 633 g/mol. The van der Waals surface area contributed by atoms with Crippen molar-refractivity contribution in [3.8, 4) is 0 Å². The molecular formula is C31H40Cl3N3O5S. The van der Waals surface area contributed by atoms with E-state index in [1.54, 1.807) is 0 Å². The molecule has 12 heteroatoms. The summed E-state index contributed by atoms with van der Waals surface area (Å²) in [5.74, 6) is 0.371. The lowest BCUT2D eigenvalue weighted by Crippen LogP contribution is -2.45. The fraction of sp³-hybridized carbons (Fsp3) is 0.581. The minimum Gasteiger partial charge on any atom is -0.379 e. The Bertz CT molecular complexity index is 1310. The van der Waals surface area contributed by atoms with E-state index in [2.05, 4.69) is 40.5 Å². The Morgan fingerprint density at radius 1 is 0.977 bits per heavy atom. The highest BCUT2D eigenvalue weighted by Gasteiger charge is 2.35. The van der Waals surface area contributed by atoms with Crippen LogP contribution in [0.15, 0.2) is 47.4 Å². The SMILES string of the molecule is O=C(COCC1CCCN(S(=O)(=O)c2c(Cl)cc(Cl)cc2Cl)C1)NC1CCC(C(c2ccccc2)N2CCOCC2)CC1. The topological polar surface area (TPSA) is 88.2 Å². The number of sulfonamides is 1. The number of halogens is 3. The van der Waals surface area contributed by atoms with Crippen molar-refractivity contribution in [2.24, 2.45) is 11.8 Å². The highest BCUT2D eigenvalue weighted by atomic mass is 35.5. The Morgan fingerprint density at radius 2 is 1.65 bits per heavy atom. The number of nitrogens with zero attached hydrogens (tertiary/aromatic N) is 2. The molecule has 2 unspecified atom stereocenters. The number of piperidine rings is 1. The first kappa shape index (κ1) is 32.9. The van der Waals surface area contributed by atoms with E-state index in [0.717, 1.165) is 58.4 Å². The van der Waals surface area contributed by atoms with Crippen molar-refractivity contribution in [3.05, 3.63) is 63.1 Å². The van der Waals surface area contributed by atoms with Crippen LogP contribution >= 0.6 is 34.8 Å². The van der Waals surface area contributed by atoms with Gasteiger partial charge in [0.15, 0.2) is 0 Å². The number of morpholine rings is 1. The van der Waals surface area contributed by atoms with E-state index >= 15 is 0 Å². The molecule has 1 aliphatic carbocycles. The Hall–Kier alpha value is -1.43. The van der Waals surface area contributed by atoms with Crippen molar-refractivity contribution >= 4 is 50.7 Å². The summed E-state index contributed by atoms with van der Waals surface area (Å²) >= 11 is 18.4. The van der Waals surface area contributed by atoms with Gasteiger partial charge in [-0.15, -0.1) is 0 Å². The van der Waals surface area contributed by atoms with Crippen LogP contribution < -0.4 is 5.32 Å². The van der Waals surface area contributed by atoms with Gasteiger partial charge in [-0.3, -0.25) is 9.69 Å². The average molecular weight is 673 g/mol. The van der Waals surface area contributed by atoms with E-state index in [4.69, 9.17) is 44.3 Å². The van der Waals surface area contributed by atoms with E-state index in [1.807, 2.05) is 0 Å². The Kier molecular flexibility index (Phi) is 11.7. The van der Waals surface area contributed by atoms with Gasteiger partial charge < -0.3 is 14.8 Å². The van der Waals surface area contributed by atoms with Gasteiger partial charge in [-0.1, -0.05) is 65.1 Å². The summed E-state index contributed by atoms with van der Waals surface area (Å²) in [6.45, 7) is 4.33. The van der Waals surface area contributed by atoms with Crippen LogP contribution in [-0.2, 0) is 24.3 Å². The molecule has 5 rings (SSSR count). The molecule has 0 radical (unpaired) electrons. The Labute approximate surface area is 270 Å². The second kappa shape index (κ2) is 15.2. The maximum Gasteiger partial charge on any atom is 0.246 e. The third kappa shape index (κ3) is 8.44. The molecule has 1 amide bonds.